The smallest absolute Gasteiger partial charge is 0.222 e. The van der Waals surface area contributed by atoms with Crippen LogP contribution in [-0.4, -0.2) is 21.0 Å². The Bertz CT molecular complexity index is 498. The van der Waals surface area contributed by atoms with Crippen molar-refractivity contribution in [2.75, 3.05) is 5.32 Å². The average molecular weight is 226 g/mol. The zero-order chi connectivity index (χ0) is 11.5. The van der Waals surface area contributed by atoms with Gasteiger partial charge in [0.1, 0.15) is 0 Å². The third-order valence-electron chi connectivity index (χ3n) is 3.13. The predicted molar refractivity (Wildman–Crippen MR) is 65.7 cm³/mol. The van der Waals surface area contributed by atoms with E-state index in [0.717, 1.165) is 25.2 Å². The fourth-order valence-corrected chi connectivity index (χ4v) is 2.26. The van der Waals surface area contributed by atoms with Gasteiger partial charge in [0.15, 0.2) is 0 Å². The van der Waals surface area contributed by atoms with Crippen molar-refractivity contribution < 1.29 is 0 Å². The lowest BCUT2D eigenvalue weighted by molar-refractivity contribution is 0.604. The summed E-state index contributed by atoms with van der Waals surface area (Å²) in [4.78, 5) is 12.6. The Morgan fingerprint density at radius 2 is 2.00 bits per heavy atom. The van der Waals surface area contributed by atoms with E-state index in [1.54, 1.807) is 12.4 Å². The Balaban J connectivity index is 1.72. The first-order valence-electron chi connectivity index (χ1n) is 5.87. The van der Waals surface area contributed by atoms with E-state index >= 15 is 0 Å². The lowest BCUT2D eigenvalue weighted by Gasteiger charge is -2.24. The highest BCUT2D eigenvalue weighted by atomic mass is 15.1. The van der Waals surface area contributed by atoms with E-state index in [2.05, 4.69) is 26.3 Å². The molecule has 0 aliphatic heterocycles. The lowest BCUT2D eigenvalue weighted by Crippen LogP contribution is -2.28. The molecule has 0 radical (unpaired) electrons. The molecule has 3 rings (SSSR count). The van der Waals surface area contributed by atoms with Gasteiger partial charge in [-0.25, -0.2) is 9.97 Å². The Hall–Kier alpha value is -1.97. The molecule has 2 heterocycles. The van der Waals surface area contributed by atoms with Crippen molar-refractivity contribution in [2.24, 2.45) is 0 Å². The number of rotatable bonds is 2. The molecule has 1 atom stereocenters. The fraction of sp³-hybridized carbons (Fsp3) is 0.308. The van der Waals surface area contributed by atoms with Gasteiger partial charge in [-0.05, 0) is 42.5 Å². The molecular formula is C13H14N4. The number of pyridine rings is 1. The second-order valence-electron chi connectivity index (χ2n) is 4.30. The van der Waals surface area contributed by atoms with Gasteiger partial charge in [-0.15, -0.1) is 0 Å². The summed E-state index contributed by atoms with van der Waals surface area (Å²) in [5.74, 6) is 0.718. The largest absolute Gasteiger partial charge is 0.351 e. The third-order valence-corrected chi connectivity index (χ3v) is 3.13. The molecule has 0 aromatic carbocycles. The summed E-state index contributed by atoms with van der Waals surface area (Å²) in [6.07, 6.45) is 10.6. The summed E-state index contributed by atoms with van der Waals surface area (Å²) in [5, 5.41) is 3.38. The molecule has 1 aliphatic carbocycles. The summed E-state index contributed by atoms with van der Waals surface area (Å²) in [6.45, 7) is 0. The van der Waals surface area contributed by atoms with Gasteiger partial charge in [-0.1, -0.05) is 0 Å². The van der Waals surface area contributed by atoms with Crippen molar-refractivity contribution in [3.05, 3.63) is 48.0 Å². The molecule has 1 aliphatic rings. The van der Waals surface area contributed by atoms with E-state index in [9.17, 15) is 0 Å². The summed E-state index contributed by atoms with van der Waals surface area (Å²) in [7, 11) is 0. The van der Waals surface area contributed by atoms with Gasteiger partial charge < -0.3 is 5.32 Å². The van der Waals surface area contributed by atoms with Crippen LogP contribution in [0.5, 0.6) is 0 Å². The summed E-state index contributed by atoms with van der Waals surface area (Å²) in [6, 6.07) is 4.36. The minimum absolute atomic E-state index is 0.423. The number of aromatic nitrogens is 3. The molecule has 4 heteroatoms. The minimum atomic E-state index is 0.423. The predicted octanol–water partition coefficient (Wildman–Crippen LogP) is 1.84. The quantitative estimate of drug-likeness (QED) is 0.849. The highest BCUT2D eigenvalue weighted by Gasteiger charge is 2.18. The fourth-order valence-electron chi connectivity index (χ4n) is 2.26. The van der Waals surface area contributed by atoms with Gasteiger partial charge in [-0.3, -0.25) is 4.98 Å². The van der Waals surface area contributed by atoms with Crippen molar-refractivity contribution in [1.82, 2.24) is 15.0 Å². The van der Waals surface area contributed by atoms with E-state index < -0.39 is 0 Å². The number of hydrogen-bond acceptors (Lipinski definition) is 4. The van der Waals surface area contributed by atoms with Crippen LogP contribution in [0, 0.1) is 0 Å². The monoisotopic (exact) mass is 226 g/mol. The molecule has 4 nitrogen and oxygen atoms in total. The molecule has 2 aromatic heterocycles. The maximum absolute atomic E-state index is 4.19. The molecule has 0 amide bonds. The molecule has 86 valence electrons. The number of anilines is 1. The SMILES string of the molecule is c1cnc(NC2CCc3cnccc3C2)nc1. The van der Waals surface area contributed by atoms with Gasteiger partial charge in [0.25, 0.3) is 0 Å². The molecule has 1 N–H and O–H groups in total. The standard InChI is InChI=1S/C13H14N4/c1-5-15-13(16-6-1)17-12-3-2-11-9-14-7-4-10(11)8-12/h1,4-7,9,12H,2-3,8H2,(H,15,16,17). The minimum Gasteiger partial charge on any atom is -0.351 e. The maximum Gasteiger partial charge on any atom is 0.222 e. The number of hydrogen-bond donors (Lipinski definition) is 1. The van der Waals surface area contributed by atoms with Gasteiger partial charge in [0.05, 0.1) is 0 Å². The van der Waals surface area contributed by atoms with Crippen LogP contribution < -0.4 is 5.32 Å². The Labute approximate surface area is 100 Å². The van der Waals surface area contributed by atoms with Crippen LogP contribution in [0.1, 0.15) is 17.5 Å². The topological polar surface area (TPSA) is 50.7 Å². The number of aryl methyl sites for hydroxylation is 1. The lowest BCUT2D eigenvalue weighted by atomic mass is 9.90. The van der Waals surface area contributed by atoms with E-state index in [4.69, 9.17) is 0 Å². The second kappa shape index (κ2) is 4.49. The molecule has 0 saturated carbocycles. The first-order valence-corrected chi connectivity index (χ1v) is 5.87. The maximum atomic E-state index is 4.19. The zero-order valence-corrected chi connectivity index (χ0v) is 9.50. The number of fused-ring (bicyclic) bond motifs is 1. The normalized spacial score (nSPS) is 18.5. The Kier molecular flexibility index (Phi) is 2.69. The highest BCUT2D eigenvalue weighted by Crippen LogP contribution is 2.21. The van der Waals surface area contributed by atoms with Crippen LogP contribution in [-0.2, 0) is 12.8 Å². The molecule has 0 bridgehead atoms. The molecule has 1 unspecified atom stereocenters. The summed E-state index contributed by atoms with van der Waals surface area (Å²) in [5.41, 5.74) is 2.76. The Morgan fingerprint density at radius 1 is 1.12 bits per heavy atom. The van der Waals surface area contributed by atoms with Crippen LogP contribution in [0.25, 0.3) is 0 Å². The second-order valence-corrected chi connectivity index (χ2v) is 4.30. The van der Waals surface area contributed by atoms with Crippen molar-refractivity contribution in [3.8, 4) is 0 Å². The first kappa shape index (κ1) is 10.2. The molecular weight excluding hydrogens is 212 g/mol. The van der Waals surface area contributed by atoms with Crippen LogP contribution in [0.2, 0.25) is 0 Å². The van der Waals surface area contributed by atoms with Crippen molar-refractivity contribution >= 4 is 5.95 Å². The van der Waals surface area contributed by atoms with E-state index in [1.165, 1.54) is 11.1 Å². The van der Waals surface area contributed by atoms with Crippen LogP contribution >= 0.6 is 0 Å². The number of nitrogens with one attached hydrogen (secondary N) is 1. The van der Waals surface area contributed by atoms with E-state index in [-0.39, 0.29) is 0 Å². The Morgan fingerprint density at radius 3 is 2.88 bits per heavy atom. The molecule has 17 heavy (non-hydrogen) atoms. The van der Waals surface area contributed by atoms with Crippen molar-refractivity contribution in [2.45, 2.75) is 25.3 Å². The average Bonchev–Trinajstić information content (AvgIpc) is 2.40. The highest BCUT2D eigenvalue weighted by molar-refractivity contribution is 5.32. The molecule has 2 aromatic rings. The summed E-state index contributed by atoms with van der Waals surface area (Å²) < 4.78 is 0. The van der Waals surface area contributed by atoms with Gasteiger partial charge in [0, 0.05) is 30.8 Å². The zero-order valence-electron chi connectivity index (χ0n) is 9.50. The van der Waals surface area contributed by atoms with Crippen molar-refractivity contribution in [1.29, 1.82) is 0 Å². The number of nitrogens with zero attached hydrogens (tertiary/aromatic N) is 3. The van der Waals surface area contributed by atoms with Crippen LogP contribution in [0.15, 0.2) is 36.9 Å². The van der Waals surface area contributed by atoms with E-state index in [1.807, 2.05) is 18.5 Å². The van der Waals surface area contributed by atoms with Gasteiger partial charge in [0.2, 0.25) is 5.95 Å². The molecule has 0 spiro atoms. The van der Waals surface area contributed by atoms with Gasteiger partial charge >= 0.3 is 0 Å². The first-order chi connectivity index (χ1) is 8.42. The molecule has 0 fully saturated rings. The van der Waals surface area contributed by atoms with Crippen LogP contribution in [0.4, 0.5) is 5.95 Å². The van der Waals surface area contributed by atoms with Crippen molar-refractivity contribution in [3.63, 3.8) is 0 Å². The van der Waals surface area contributed by atoms with E-state index in [0.29, 0.717) is 6.04 Å². The third kappa shape index (κ3) is 2.25. The van der Waals surface area contributed by atoms with Crippen LogP contribution in [0.3, 0.4) is 0 Å². The summed E-state index contributed by atoms with van der Waals surface area (Å²) >= 11 is 0. The molecule has 0 saturated heterocycles. The van der Waals surface area contributed by atoms with Gasteiger partial charge in [-0.2, -0.15) is 0 Å².